The minimum atomic E-state index is -1.84. The van der Waals surface area contributed by atoms with E-state index in [2.05, 4.69) is 192 Å². The molecule has 6 aromatic carbocycles. The van der Waals surface area contributed by atoms with Crippen molar-refractivity contribution in [3.63, 3.8) is 0 Å². The fraction of sp³-hybridized carbons (Fsp3) is 0.143. The van der Waals surface area contributed by atoms with E-state index in [-0.39, 0.29) is 5.04 Å². The minimum Gasteiger partial charge on any atom is -0.368 e. The number of hydrogen-bond acceptors (Lipinski definition) is 3. The van der Waals surface area contributed by atoms with Gasteiger partial charge in [0.15, 0.2) is 8.24 Å². The second-order valence-electron chi connectivity index (χ2n) is 14.4. The molecule has 0 unspecified atom stereocenters. The maximum atomic E-state index is 3.64. The molecule has 0 amide bonds. The van der Waals surface area contributed by atoms with Gasteiger partial charge in [-0.1, -0.05) is 70.3 Å². The first kappa shape index (κ1) is 29.9. The Bertz CT molecular complexity index is 2430. The summed E-state index contributed by atoms with van der Waals surface area (Å²) in [7, 11) is -1.84. The molecule has 0 aliphatic rings. The van der Waals surface area contributed by atoms with Crippen LogP contribution in [0.15, 0.2) is 133 Å². The molecule has 5 nitrogen and oxygen atoms in total. The van der Waals surface area contributed by atoms with Gasteiger partial charge in [-0.3, -0.25) is 0 Å². The van der Waals surface area contributed by atoms with Gasteiger partial charge in [-0.05, 0) is 102 Å². The molecule has 4 N–H and O–H groups in total. The predicted octanol–water partition coefficient (Wildman–Crippen LogP) is 12.5. The molecule has 2 heterocycles. The van der Waals surface area contributed by atoms with Crippen molar-refractivity contribution in [2.75, 3.05) is 16.0 Å². The van der Waals surface area contributed by atoms with Crippen molar-refractivity contribution in [1.82, 2.24) is 9.22 Å². The van der Waals surface area contributed by atoms with Crippen LogP contribution in [0.2, 0.25) is 18.1 Å². The third-order valence-corrected chi connectivity index (χ3v) is 15.5. The van der Waals surface area contributed by atoms with Crippen molar-refractivity contribution in [3.05, 3.63) is 133 Å². The zero-order valence-corrected chi connectivity index (χ0v) is 29.1. The molecule has 8 aromatic rings. The number of benzene rings is 6. The Balaban J connectivity index is 0.966. The topological polar surface area (TPSA) is 56.8 Å². The van der Waals surface area contributed by atoms with E-state index in [1.165, 1.54) is 32.6 Å². The van der Waals surface area contributed by atoms with Crippen molar-refractivity contribution >= 4 is 86.0 Å². The number of rotatable bonds is 7. The fourth-order valence-corrected chi connectivity index (χ4v) is 8.95. The number of H-pyrrole nitrogens is 1. The number of hydrogen-bond donors (Lipinski definition) is 4. The molecule has 0 aliphatic heterocycles. The highest BCUT2D eigenvalue weighted by Gasteiger charge is 2.39. The van der Waals surface area contributed by atoms with E-state index in [9.17, 15) is 0 Å². The Morgan fingerprint density at radius 2 is 0.896 bits per heavy atom. The van der Waals surface area contributed by atoms with Crippen molar-refractivity contribution < 1.29 is 0 Å². The Morgan fingerprint density at radius 1 is 0.458 bits per heavy atom. The van der Waals surface area contributed by atoms with Crippen LogP contribution in [-0.2, 0) is 0 Å². The first-order valence-electron chi connectivity index (χ1n) is 16.7. The molecule has 0 saturated heterocycles. The van der Waals surface area contributed by atoms with Gasteiger partial charge in [0.05, 0.1) is 0 Å². The molecule has 0 fully saturated rings. The standard InChI is InChI=1S/C42H41N5Si/c1-42(2,3)48(4,5)47-40-13-9-7-11-35(40)37-27-33(23-25-41(37)47)45-31-20-16-29(17-21-31)43-28-14-18-30(19-15-28)44-32-22-24-39-36(26-32)34-10-6-8-12-38(34)46-39/h6-27,43-46H,1-5H3. The fourth-order valence-electron chi connectivity index (χ4n) is 6.69. The number of anilines is 6. The average Bonchev–Trinajstić information content (AvgIpc) is 3.62. The molecule has 0 bridgehead atoms. The average molecular weight is 644 g/mol. The summed E-state index contributed by atoms with van der Waals surface area (Å²) in [5, 5.41) is 16.0. The van der Waals surface area contributed by atoms with E-state index < -0.39 is 8.24 Å². The highest BCUT2D eigenvalue weighted by atomic mass is 28.3. The molecule has 238 valence electrons. The van der Waals surface area contributed by atoms with E-state index in [0.717, 1.165) is 45.2 Å². The SMILES string of the molecule is CC(C)(C)[Si](C)(C)n1c2ccccc2c2cc(Nc3ccc(Nc4ccc(Nc5ccc6[nH]c7ccccc7c6c5)cc4)cc3)ccc21. The molecule has 0 saturated carbocycles. The maximum absolute atomic E-state index is 3.64. The number of nitrogens with zero attached hydrogens (tertiary/aromatic N) is 1. The van der Waals surface area contributed by atoms with Gasteiger partial charge in [-0.25, -0.2) is 0 Å². The molecule has 0 aliphatic carbocycles. The molecule has 6 heteroatoms. The maximum Gasteiger partial charge on any atom is 0.161 e. The van der Waals surface area contributed by atoms with E-state index in [1.807, 2.05) is 0 Å². The quantitative estimate of drug-likeness (QED) is 0.131. The zero-order chi connectivity index (χ0) is 33.0. The number of aromatic amines is 1. The normalized spacial score (nSPS) is 12.3. The monoisotopic (exact) mass is 643 g/mol. The minimum absolute atomic E-state index is 0.224. The Labute approximate surface area is 282 Å². The van der Waals surface area contributed by atoms with Crippen molar-refractivity contribution in [2.24, 2.45) is 0 Å². The van der Waals surface area contributed by atoms with Crippen LogP contribution < -0.4 is 16.0 Å². The third kappa shape index (κ3) is 5.28. The Morgan fingerprint density at radius 3 is 1.50 bits per heavy atom. The van der Waals surface area contributed by atoms with Gasteiger partial charge >= 0.3 is 0 Å². The number of aromatic nitrogens is 2. The lowest BCUT2D eigenvalue weighted by atomic mass is 10.1. The van der Waals surface area contributed by atoms with E-state index in [4.69, 9.17) is 0 Å². The van der Waals surface area contributed by atoms with Crippen molar-refractivity contribution in [3.8, 4) is 0 Å². The molecule has 48 heavy (non-hydrogen) atoms. The predicted molar refractivity (Wildman–Crippen MR) is 211 cm³/mol. The largest absolute Gasteiger partial charge is 0.368 e. The molecule has 8 rings (SSSR count). The highest BCUT2D eigenvalue weighted by molar-refractivity contribution is 6.80. The van der Waals surface area contributed by atoms with Gasteiger partial charge in [0.25, 0.3) is 0 Å². The van der Waals surface area contributed by atoms with E-state index >= 15 is 0 Å². The van der Waals surface area contributed by atoms with E-state index in [1.54, 1.807) is 0 Å². The summed E-state index contributed by atoms with van der Waals surface area (Å²) in [6.45, 7) is 12.1. The highest BCUT2D eigenvalue weighted by Crippen LogP contribution is 2.43. The number of para-hydroxylation sites is 2. The molecular formula is C42H41N5Si. The Hall–Kier alpha value is -5.46. The second-order valence-corrected chi connectivity index (χ2v) is 19.4. The van der Waals surface area contributed by atoms with Crippen LogP contribution in [0.25, 0.3) is 43.6 Å². The van der Waals surface area contributed by atoms with E-state index in [0.29, 0.717) is 0 Å². The summed E-state index contributed by atoms with van der Waals surface area (Å²) in [4.78, 5) is 3.50. The summed E-state index contributed by atoms with van der Waals surface area (Å²) in [5.74, 6) is 0. The lowest BCUT2D eigenvalue weighted by molar-refractivity contribution is 0.706. The van der Waals surface area contributed by atoms with Crippen LogP contribution >= 0.6 is 0 Å². The molecule has 0 spiro atoms. The van der Waals surface area contributed by atoms with Crippen LogP contribution in [0.3, 0.4) is 0 Å². The lowest BCUT2D eigenvalue weighted by Crippen LogP contribution is -2.45. The third-order valence-electron chi connectivity index (χ3n) is 10.2. The van der Waals surface area contributed by atoms with Crippen LogP contribution in [0.4, 0.5) is 34.1 Å². The first-order valence-corrected chi connectivity index (χ1v) is 19.6. The molecule has 2 aromatic heterocycles. The first-order chi connectivity index (χ1) is 23.1. The van der Waals surface area contributed by atoms with Crippen LogP contribution in [0.5, 0.6) is 0 Å². The van der Waals surface area contributed by atoms with Gasteiger partial charge in [-0.2, -0.15) is 0 Å². The summed E-state index contributed by atoms with van der Waals surface area (Å²) < 4.78 is 2.66. The van der Waals surface area contributed by atoms with Crippen LogP contribution in [-0.4, -0.2) is 17.5 Å². The van der Waals surface area contributed by atoms with Crippen molar-refractivity contribution in [2.45, 2.75) is 38.9 Å². The summed E-state index contributed by atoms with van der Waals surface area (Å²) >= 11 is 0. The summed E-state index contributed by atoms with van der Waals surface area (Å²) in [6.07, 6.45) is 0. The molecular weight excluding hydrogens is 603 g/mol. The smallest absolute Gasteiger partial charge is 0.161 e. The zero-order valence-electron chi connectivity index (χ0n) is 28.1. The molecule has 0 atom stereocenters. The van der Waals surface area contributed by atoms with Crippen molar-refractivity contribution in [1.29, 1.82) is 0 Å². The lowest BCUT2D eigenvalue weighted by Gasteiger charge is -2.39. The van der Waals surface area contributed by atoms with Gasteiger partial charge in [0, 0.05) is 77.7 Å². The van der Waals surface area contributed by atoms with Gasteiger partial charge in [0.1, 0.15) is 0 Å². The summed E-state index contributed by atoms with van der Waals surface area (Å²) in [6, 6.07) is 47.5. The van der Waals surface area contributed by atoms with Gasteiger partial charge in [0.2, 0.25) is 0 Å². The molecule has 0 radical (unpaired) electrons. The Kier molecular flexibility index (Phi) is 7.07. The van der Waals surface area contributed by atoms with Crippen LogP contribution in [0, 0.1) is 0 Å². The van der Waals surface area contributed by atoms with Gasteiger partial charge < -0.3 is 25.2 Å². The summed E-state index contributed by atoms with van der Waals surface area (Å²) in [5.41, 5.74) is 11.3. The van der Waals surface area contributed by atoms with Crippen LogP contribution in [0.1, 0.15) is 20.8 Å². The number of nitrogens with one attached hydrogen (secondary N) is 4. The number of fused-ring (bicyclic) bond motifs is 6. The van der Waals surface area contributed by atoms with Gasteiger partial charge in [-0.15, -0.1) is 0 Å². The second kappa shape index (κ2) is 11.4.